The summed E-state index contributed by atoms with van der Waals surface area (Å²) in [5.74, 6) is 0. The van der Waals surface area contributed by atoms with Crippen molar-refractivity contribution < 1.29 is 0 Å². The summed E-state index contributed by atoms with van der Waals surface area (Å²) in [5.41, 5.74) is 7.66. The van der Waals surface area contributed by atoms with Gasteiger partial charge in [0.1, 0.15) is 0 Å². The van der Waals surface area contributed by atoms with Crippen LogP contribution in [0.1, 0.15) is 11.1 Å². The molecule has 0 fully saturated rings. The van der Waals surface area contributed by atoms with Gasteiger partial charge >= 0.3 is 0 Å². The van der Waals surface area contributed by atoms with E-state index in [2.05, 4.69) is 147 Å². The summed E-state index contributed by atoms with van der Waals surface area (Å²) in [6.07, 6.45) is 0. The molecule has 0 aliphatic heterocycles. The molecule has 0 N–H and O–H groups in total. The highest BCUT2D eigenvalue weighted by molar-refractivity contribution is 6.39. The van der Waals surface area contributed by atoms with E-state index in [0.29, 0.717) is 0 Å². The van der Waals surface area contributed by atoms with Crippen LogP contribution >= 0.6 is 0 Å². The molecule has 0 atom stereocenters. The zero-order valence-electron chi connectivity index (χ0n) is 22.7. The lowest BCUT2D eigenvalue weighted by Crippen LogP contribution is -1.90. The van der Waals surface area contributed by atoms with Crippen LogP contribution in [0.2, 0.25) is 0 Å². The lowest BCUT2D eigenvalue weighted by molar-refractivity contribution is 1.38. The Morgan fingerprint density at radius 1 is 0.325 bits per heavy atom. The van der Waals surface area contributed by atoms with E-state index >= 15 is 0 Å². The molecule has 8 rings (SSSR count). The summed E-state index contributed by atoms with van der Waals surface area (Å²) in [6, 6.07) is 49.5. The van der Waals surface area contributed by atoms with Gasteiger partial charge in [0.25, 0.3) is 0 Å². The van der Waals surface area contributed by atoms with E-state index in [1.165, 1.54) is 87.2 Å². The van der Waals surface area contributed by atoms with Crippen LogP contribution in [-0.2, 0) is 0 Å². The largest absolute Gasteiger partial charge is 0.0622 e. The number of hydrogen-bond acceptors (Lipinski definition) is 0. The monoisotopic (exact) mass is 508 g/mol. The molecular weight excluding hydrogens is 480 g/mol. The van der Waals surface area contributed by atoms with Crippen LogP contribution in [-0.4, -0.2) is 0 Å². The van der Waals surface area contributed by atoms with Gasteiger partial charge in [-0.3, -0.25) is 0 Å². The lowest BCUT2D eigenvalue weighted by Gasteiger charge is -2.18. The highest BCUT2D eigenvalue weighted by Crippen LogP contribution is 2.45. The number of aryl methyl sites for hydroxylation is 2. The van der Waals surface area contributed by atoms with Gasteiger partial charge in [0, 0.05) is 0 Å². The molecule has 0 unspecified atom stereocenters. The Hall–Kier alpha value is -4.94. The van der Waals surface area contributed by atoms with E-state index in [4.69, 9.17) is 0 Å². The average molecular weight is 509 g/mol. The maximum absolute atomic E-state index is 2.43. The second kappa shape index (κ2) is 8.79. The maximum atomic E-state index is 2.43. The Kier molecular flexibility index (Phi) is 5.06. The van der Waals surface area contributed by atoms with Gasteiger partial charge in [-0.25, -0.2) is 0 Å². The molecule has 0 saturated carbocycles. The molecule has 40 heavy (non-hydrogen) atoms. The minimum atomic E-state index is 1.24. The van der Waals surface area contributed by atoms with E-state index < -0.39 is 0 Å². The minimum absolute atomic E-state index is 1.24. The Bertz CT molecular complexity index is 2270. The molecule has 0 spiro atoms. The number of rotatable bonds is 2. The van der Waals surface area contributed by atoms with Crippen LogP contribution in [0.3, 0.4) is 0 Å². The van der Waals surface area contributed by atoms with Crippen molar-refractivity contribution in [1.29, 1.82) is 0 Å². The summed E-state index contributed by atoms with van der Waals surface area (Å²) in [4.78, 5) is 0. The molecule has 0 aromatic heterocycles. The third kappa shape index (κ3) is 3.39. The molecule has 8 aromatic carbocycles. The van der Waals surface area contributed by atoms with Crippen molar-refractivity contribution in [3.63, 3.8) is 0 Å². The van der Waals surface area contributed by atoms with Crippen molar-refractivity contribution in [2.75, 3.05) is 0 Å². The van der Waals surface area contributed by atoms with Crippen LogP contribution in [0.4, 0.5) is 0 Å². The SMILES string of the molecule is Cc1ccc(-c2ccc3c4ccc(-c5ccccc5)cc4c4c5ccccc5c5ccccc5c4c3c2)c(C)c1. The smallest absolute Gasteiger partial charge is 0.00137 e. The Balaban J connectivity index is 1.61. The lowest BCUT2D eigenvalue weighted by atomic mass is 9.85. The first kappa shape index (κ1) is 23.0. The van der Waals surface area contributed by atoms with E-state index in [1.807, 2.05) is 0 Å². The standard InChI is InChI=1S/C40H28/c1-25-16-19-30(26(2)22-25)29-18-21-34-33-20-17-28(27-10-4-3-5-11-27)23-37(33)39-35-14-8-6-12-31(35)32-13-7-9-15-36(32)40(39)38(34)24-29/h3-24H,1-2H3. The molecule has 0 heteroatoms. The minimum Gasteiger partial charge on any atom is -0.0622 e. The van der Waals surface area contributed by atoms with Crippen molar-refractivity contribution >= 4 is 53.9 Å². The third-order valence-corrected chi connectivity index (χ3v) is 8.60. The predicted octanol–water partition coefficient (Wildman–Crippen LogP) is 11.4. The summed E-state index contributed by atoms with van der Waals surface area (Å²) < 4.78 is 0. The Morgan fingerprint density at radius 3 is 1.43 bits per heavy atom. The van der Waals surface area contributed by atoms with Gasteiger partial charge in [-0.1, -0.05) is 127 Å². The molecule has 8 aromatic rings. The summed E-state index contributed by atoms with van der Waals surface area (Å²) in [5, 5.41) is 13.1. The average Bonchev–Trinajstić information content (AvgIpc) is 3.01. The first-order chi connectivity index (χ1) is 19.7. The predicted molar refractivity (Wildman–Crippen MR) is 174 cm³/mol. The van der Waals surface area contributed by atoms with Gasteiger partial charge in [0.2, 0.25) is 0 Å². The zero-order chi connectivity index (χ0) is 26.8. The fraction of sp³-hybridized carbons (Fsp3) is 0.0500. The Labute approximate surface area is 234 Å². The number of hydrogen-bond donors (Lipinski definition) is 0. The maximum Gasteiger partial charge on any atom is -0.00137 e. The number of fused-ring (bicyclic) bond motifs is 11. The van der Waals surface area contributed by atoms with Crippen molar-refractivity contribution in [2.24, 2.45) is 0 Å². The van der Waals surface area contributed by atoms with E-state index in [0.717, 1.165) is 0 Å². The van der Waals surface area contributed by atoms with Crippen molar-refractivity contribution in [1.82, 2.24) is 0 Å². The van der Waals surface area contributed by atoms with Crippen molar-refractivity contribution in [2.45, 2.75) is 13.8 Å². The first-order valence-corrected chi connectivity index (χ1v) is 14.0. The number of benzene rings is 8. The van der Waals surface area contributed by atoms with Crippen LogP contribution < -0.4 is 0 Å². The third-order valence-electron chi connectivity index (χ3n) is 8.60. The highest BCUT2D eigenvalue weighted by atomic mass is 14.2. The molecule has 0 aliphatic carbocycles. The second-order valence-electron chi connectivity index (χ2n) is 11.0. The van der Waals surface area contributed by atoms with Gasteiger partial charge < -0.3 is 0 Å². The second-order valence-corrected chi connectivity index (χ2v) is 11.0. The van der Waals surface area contributed by atoms with E-state index in [1.54, 1.807) is 0 Å². The molecule has 188 valence electrons. The zero-order valence-corrected chi connectivity index (χ0v) is 22.7. The normalized spacial score (nSPS) is 11.8. The molecule has 0 heterocycles. The van der Waals surface area contributed by atoms with Gasteiger partial charge in [-0.05, 0) is 108 Å². The fourth-order valence-corrected chi connectivity index (χ4v) is 6.79. The molecule has 0 saturated heterocycles. The molecular formula is C40H28. The van der Waals surface area contributed by atoms with Gasteiger partial charge in [0.15, 0.2) is 0 Å². The Morgan fingerprint density at radius 2 is 0.825 bits per heavy atom. The first-order valence-electron chi connectivity index (χ1n) is 14.0. The van der Waals surface area contributed by atoms with Gasteiger partial charge in [-0.2, -0.15) is 0 Å². The fourth-order valence-electron chi connectivity index (χ4n) is 6.79. The van der Waals surface area contributed by atoms with Crippen molar-refractivity contribution in [3.05, 3.63) is 145 Å². The topological polar surface area (TPSA) is 0 Å². The molecule has 0 aliphatic rings. The summed E-state index contributed by atoms with van der Waals surface area (Å²) >= 11 is 0. The van der Waals surface area contributed by atoms with Crippen LogP contribution in [0.25, 0.3) is 76.1 Å². The summed E-state index contributed by atoms with van der Waals surface area (Å²) in [7, 11) is 0. The van der Waals surface area contributed by atoms with E-state index in [-0.39, 0.29) is 0 Å². The van der Waals surface area contributed by atoms with Crippen LogP contribution in [0.5, 0.6) is 0 Å². The molecule has 0 bridgehead atoms. The highest BCUT2D eigenvalue weighted by Gasteiger charge is 2.17. The quantitative estimate of drug-likeness (QED) is 0.204. The van der Waals surface area contributed by atoms with Crippen molar-refractivity contribution in [3.8, 4) is 22.3 Å². The van der Waals surface area contributed by atoms with Gasteiger partial charge in [0.05, 0.1) is 0 Å². The molecule has 0 amide bonds. The van der Waals surface area contributed by atoms with Crippen LogP contribution in [0, 0.1) is 13.8 Å². The molecule has 0 nitrogen and oxygen atoms in total. The van der Waals surface area contributed by atoms with Crippen LogP contribution in [0.15, 0.2) is 133 Å². The summed E-state index contributed by atoms with van der Waals surface area (Å²) in [6.45, 7) is 4.39. The molecule has 0 radical (unpaired) electrons. The van der Waals surface area contributed by atoms with E-state index in [9.17, 15) is 0 Å². The van der Waals surface area contributed by atoms with Gasteiger partial charge in [-0.15, -0.1) is 0 Å².